The number of hydrogen-bond donors (Lipinski definition) is 1. The summed E-state index contributed by atoms with van der Waals surface area (Å²) in [6.45, 7) is 1.89. The fourth-order valence-electron chi connectivity index (χ4n) is 4.86. The number of rotatable bonds is 4. The first-order valence-corrected chi connectivity index (χ1v) is 8.77. The zero-order chi connectivity index (χ0) is 14.1. The Hall–Kier alpha value is -0.120. The lowest BCUT2D eigenvalue weighted by Crippen LogP contribution is -2.52. The Labute approximate surface area is 124 Å². The van der Waals surface area contributed by atoms with Crippen LogP contribution >= 0.6 is 0 Å². The SMILES string of the molecule is CN(CC1CCC2(CCCCC2)O1)C1(CN)CCCC1. The maximum Gasteiger partial charge on any atom is 0.0710 e. The van der Waals surface area contributed by atoms with Crippen LogP contribution in [0.3, 0.4) is 0 Å². The van der Waals surface area contributed by atoms with Gasteiger partial charge in [0.1, 0.15) is 0 Å². The van der Waals surface area contributed by atoms with Crippen LogP contribution in [0.25, 0.3) is 0 Å². The monoisotopic (exact) mass is 280 g/mol. The molecule has 1 atom stereocenters. The second-order valence-electron chi connectivity index (χ2n) is 7.54. The quantitative estimate of drug-likeness (QED) is 0.860. The summed E-state index contributed by atoms with van der Waals surface area (Å²) in [6.07, 6.45) is 15.0. The Morgan fingerprint density at radius 2 is 1.65 bits per heavy atom. The molecule has 1 unspecified atom stereocenters. The van der Waals surface area contributed by atoms with E-state index in [0.717, 1.165) is 13.1 Å². The van der Waals surface area contributed by atoms with Crippen molar-refractivity contribution in [2.75, 3.05) is 20.1 Å². The van der Waals surface area contributed by atoms with Gasteiger partial charge in [-0.3, -0.25) is 4.90 Å². The molecule has 0 aromatic rings. The molecule has 0 bridgehead atoms. The summed E-state index contributed by atoms with van der Waals surface area (Å²) >= 11 is 0. The van der Waals surface area contributed by atoms with E-state index in [4.69, 9.17) is 10.5 Å². The number of likely N-dealkylation sites (N-methyl/N-ethyl adjacent to an activating group) is 1. The molecule has 0 aromatic heterocycles. The Morgan fingerprint density at radius 3 is 2.30 bits per heavy atom. The summed E-state index contributed by atoms with van der Waals surface area (Å²) in [5.41, 5.74) is 6.63. The summed E-state index contributed by atoms with van der Waals surface area (Å²) in [7, 11) is 2.27. The van der Waals surface area contributed by atoms with Gasteiger partial charge in [0, 0.05) is 18.6 Å². The second-order valence-corrected chi connectivity index (χ2v) is 7.54. The zero-order valence-corrected chi connectivity index (χ0v) is 13.2. The Kier molecular flexibility index (Phi) is 4.40. The second kappa shape index (κ2) is 5.94. The van der Waals surface area contributed by atoms with Gasteiger partial charge in [-0.2, -0.15) is 0 Å². The van der Waals surface area contributed by atoms with Crippen LogP contribution in [-0.2, 0) is 4.74 Å². The van der Waals surface area contributed by atoms with Gasteiger partial charge in [0.15, 0.2) is 0 Å². The Morgan fingerprint density at radius 1 is 1.00 bits per heavy atom. The van der Waals surface area contributed by atoms with Crippen molar-refractivity contribution in [3.8, 4) is 0 Å². The third-order valence-corrected chi connectivity index (χ3v) is 6.30. The molecule has 3 fully saturated rings. The molecule has 2 aliphatic carbocycles. The lowest BCUT2D eigenvalue weighted by Gasteiger charge is -2.40. The van der Waals surface area contributed by atoms with Crippen molar-refractivity contribution in [1.29, 1.82) is 0 Å². The summed E-state index contributed by atoms with van der Waals surface area (Å²) in [5, 5.41) is 0. The molecule has 116 valence electrons. The van der Waals surface area contributed by atoms with E-state index in [1.54, 1.807) is 0 Å². The van der Waals surface area contributed by atoms with Crippen molar-refractivity contribution in [3.05, 3.63) is 0 Å². The third-order valence-electron chi connectivity index (χ3n) is 6.30. The standard InChI is InChI=1S/C17H32N2O/c1-19(16(14-18)8-5-6-9-16)13-15-7-12-17(20-15)10-3-2-4-11-17/h15H,2-14,18H2,1H3. The highest BCUT2D eigenvalue weighted by Gasteiger charge is 2.43. The molecule has 20 heavy (non-hydrogen) atoms. The molecular formula is C17H32N2O. The molecule has 0 amide bonds. The van der Waals surface area contributed by atoms with Gasteiger partial charge in [-0.25, -0.2) is 0 Å². The molecule has 3 rings (SSSR count). The van der Waals surface area contributed by atoms with Crippen LogP contribution in [0, 0.1) is 0 Å². The van der Waals surface area contributed by atoms with Crippen LogP contribution < -0.4 is 5.73 Å². The smallest absolute Gasteiger partial charge is 0.0710 e. The number of ether oxygens (including phenoxy) is 1. The molecule has 1 spiro atoms. The average Bonchev–Trinajstić information content (AvgIpc) is 3.08. The van der Waals surface area contributed by atoms with Crippen molar-refractivity contribution in [3.63, 3.8) is 0 Å². The molecule has 2 N–H and O–H groups in total. The predicted octanol–water partition coefficient (Wildman–Crippen LogP) is 3.07. The van der Waals surface area contributed by atoms with E-state index in [1.807, 2.05) is 0 Å². The minimum atomic E-state index is 0.259. The highest BCUT2D eigenvalue weighted by Crippen LogP contribution is 2.43. The van der Waals surface area contributed by atoms with Crippen molar-refractivity contribution >= 4 is 0 Å². The molecule has 0 radical (unpaired) electrons. The molecule has 1 heterocycles. The van der Waals surface area contributed by atoms with Gasteiger partial charge >= 0.3 is 0 Å². The van der Waals surface area contributed by atoms with Crippen LogP contribution in [0.15, 0.2) is 0 Å². The maximum atomic E-state index is 6.53. The molecule has 1 aliphatic heterocycles. The van der Waals surface area contributed by atoms with Crippen molar-refractivity contribution in [2.24, 2.45) is 5.73 Å². The normalized spacial score (nSPS) is 32.2. The van der Waals surface area contributed by atoms with Gasteiger partial charge in [0.2, 0.25) is 0 Å². The first kappa shape index (κ1) is 14.8. The van der Waals surface area contributed by atoms with Crippen LogP contribution in [-0.4, -0.2) is 42.3 Å². The summed E-state index contributed by atoms with van der Waals surface area (Å²) in [4.78, 5) is 2.53. The van der Waals surface area contributed by atoms with E-state index in [-0.39, 0.29) is 11.1 Å². The van der Waals surface area contributed by atoms with Crippen LogP contribution in [0.1, 0.15) is 70.6 Å². The lowest BCUT2D eigenvalue weighted by molar-refractivity contribution is -0.0774. The largest absolute Gasteiger partial charge is 0.370 e. The molecule has 3 heteroatoms. The summed E-state index contributed by atoms with van der Waals surface area (Å²) in [5.74, 6) is 0. The third kappa shape index (κ3) is 2.77. The van der Waals surface area contributed by atoms with E-state index in [9.17, 15) is 0 Å². The first-order chi connectivity index (χ1) is 9.68. The molecule has 3 aliphatic rings. The summed E-state index contributed by atoms with van der Waals surface area (Å²) < 4.78 is 6.53. The van der Waals surface area contributed by atoms with Crippen molar-refractivity contribution in [2.45, 2.75) is 87.9 Å². The average molecular weight is 280 g/mol. The highest BCUT2D eigenvalue weighted by atomic mass is 16.5. The Balaban J connectivity index is 1.56. The molecule has 0 aromatic carbocycles. The van der Waals surface area contributed by atoms with E-state index >= 15 is 0 Å². The van der Waals surface area contributed by atoms with Gasteiger partial charge in [-0.15, -0.1) is 0 Å². The van der Waals surface area contributed by atoms with Crippen molar-refractivity contribution < 1.29 is 4.74 Å². The molecule has 3 nitrogen and oxygen atoms in total. The minimum absolute atomic E-state index is 0.259. The summed E-state index contributed by atoms with van der Waals surface area (Å²) in [6, 6.07) is 0. The predicted molar refractivity (Wildman–Crippen MR) is 82.8 cm³/mol. The highest BCUT2D eigenvalue weighted by molar-refractivity contribution is 4.97. The van der Waals surface area contributed by atoms with Gasteiger partial charge in [0.25, 0.3) is 0 Å². The van der Waals surface area contributed by atoms with Gasteiger partial charge in [-0.1, -0.05) is 32.1 Å². The number of nitrogens with two attached hydrogens (primary N) is 1. The Bertz CT molecular complexity index is 319. The zero-order valence-electron chi connectivity index (χ0n) is 13.2. The van der Waals surface area contributed by atoms with Crippen LogP contribution in [0.5, 0.6) is 0 Å². The van der Waals surface area contributed by atoms with Gasteiger partial charge in [0.05, 0.1) is 11.7 Å². The maximum absolute atomic E-state index is 6.53. The van der Waals surface area contributed by atoms with E-state index in [0.29, 0.717) is 6.10 Å². The number of hydrogen-bond acceptors (Lipinski definition) is 3. The fraction of sp³-hybridized carbons (Fsp3) is 1.00. The number of nitrogens with zero attached hydrogens (tertiary/aromatic N) is 1. The first-order valence-electron chi connectivity index (χ1n) is 8.77. The lowest BCUT2D eigenvalue weighted by atomic mass is 9.83. The van der Waals surface area contributed by atoms with E-state index < -0.39 is 0 Å². The van der Waals surface area contributed by atoms with Crippen molar-refractivity contribution in [1.82, 2.24) is 4.90 Å². The van der Waals surface area contributed by atoms with E-state index in [1.165, 1.54) is 70.6 Å². The molecule has 1 saturated heterocycles. The molecule has 2 saturated carbocycles. The van der Waals surface area contributed by atoms with Gasteiger partial charge in [-0.05, 0) is 45.6 Å². The minimum Gasteiger partial charge on any atom is -0.370 e. The van der Waals surface area contributed by atoms with E-state index in [2.05, 4.69) is 11.9 Å². The molecular weight excluding hydrogens is 248 g/mol. The topological polar surface area (TPSA) is 38.5 Å². The fourth-order valence-corrected chi connectivity index (χ4v) is 4.86. The van der Waals surface area contributed by atoms with Crippen LogP contribution in [0.2, 0.25) is 0 Å². The van der Waals surface area contributed by atoms with Gasteiger partial charge < -0.3 is 10.5 Å². The van der Waals surface area contributed by atoms with Crippen LogP contribution in [0.4, 0.5) is 0 Å².